The van der Waals surface area contributed by atoms with E-state index in [2.05, 4.69) is 37.0 Å². The summed E-state index contributed by atoms with van der Waals surface area (Å²) in [7, 11) is 0. The van der Waals surface area contributed by atoms with Crippen LogP contribution in [0.25, 0.3) is 12.3 Å². The van der Waals surface area contributed by atoms with Crippen LogP contribution in [-0.2, 0) is 0 Å². The molecule has 0 aliphatic heterocycles. The first-order valence-corrected chi connectivity index (χ1v) is 4.25. The Hall–Kier alpha value is -1.38. The van der Waals surface area contributed by atoms with Crippen molar-refractivity contribution in [1.29, 1.82) is 0 Å². The number of nitrogens with zero attached hydrogens (tertiary/aromatic N) is 2. The topological polar surface area (TPSA) is 51.8 Å². The lowest BCUT2D eigenvalue weighted by Gasteiger charge is -2.10. The molecule has 13 heavy (non-hydrogen) atoms. The van der Waals surface area contributed by atoms with E-state index in [4.69, 9.17) is 5.73 Å². The van der Waals surface area contributed by atoms with Crippen LogP contribution in [0, 0.1) is 5.41 Å². The molecule has 3 heteroatoms. The Balaban J connectivity index is 3.39. The van der Waals surface area contributed by atoms with Gasteiger partial charge < -0.3 is 5.73 Å². The zero-order valence-corrected chi connectivity index (χ0v) is 8.28. The second kappa shape index (κ2) is 3.56. The number of aromatic nitrogens is 2. The van der Waals surface area contributed by atoms with Crippen molar-refractivity contribution in [2.45, 2.75) is 20.8 Å². The Labute approximate surface area is 78.0 Å². The van der Waals surface area contributed by atoms with Gasteiger partial charge in [0.25, 0.3) is 0 Å². The van der Waals surface area contributed by atoms with Crippen LogP contribution in [0.4, 0.5) is 0 Å². The highest BCUT2D eigenvalue weighted by Crippen LogP contribution is 2.13. The average Bonchev–Trinajstić information content (AvgIpc) is 2.02. The molecule has 0 saturated carbocycles. The summed E-state index contributed by atoms with van der Waals surface area (Å²) in [5.41, 5.74) is 5.55. The largest absolute Gasteiger partial charge is 0.404 e. The molecule has 3 nitrogen and oxygen atoms in total. The Bertz CT molecular complexity index is 387. The van der Waals surface area contributed by atoms with Gasteiger partial charge in [-0.3, -0.25) is 0 Å². The summed E-state index contributed by atoms with van der Waals surface area (Å²) in [6.45, 7) is 6.34. The molecule has 2 N–H and O–H groups in total. The summed E-state index contributed by atoms with van der Waals surface area (Å²) in [5.74, 6) is 0. The highest BCUT2D eigenvalue weighted by atomic mass is 15.1. The lowest BCUT2D eigenvalue weighted by Crippen LogP contribution is -2.31. The Morgan fingerprint density at radius 3 is 2.62 bits per heavy atom. The molecule has 0 radical (unpaired) electrons. The zero-order valence-electron chi connectivity index (χ0n) is 8.28. The summed E-state index contributed by atoms with van der Waals surface area (Å²) in [5, 5.41) is 9.60. The van der Waals surface area contributed by atoms with Crippen molar-refractivity contribution in [3.05, 3.63) is 22.8 Å². The van der Waals surface area contributed by atoms with Gasteiger partial charge in [0.05, 0.1) is 11.5 Å². The summed E-state index contributed by atoms with van der Waals surface area (Å²) < 4.78 is 0. The molecule has 0 amide bonds. The lowest BCUT2D eigenvalue weighted by molar-refractivity contribution is 0.581. The molecular weight excluding hydrogens is 162 g/mol. The van der Waals surface area contributed by atoms with Crippen molar-refractivity contribution in [3.8, 4) is 0 Å². The van der Waals surface area contributed by atoms with Gasteiger partial charge in [-0.15, -0.1) is 0 Å². The van der Waals surface area contributed by atoms with E-state index < -0.39 is 0 Å². The van der Waals surface area contributed by atoms with E-state index in [0.717, 1.165) is 10.6 Å². The molecule has 0 saturated heterocycles. The van der Waals surface area contributed by atoms with Gasteiger partial charge in [-0.2, -0.15) is 10.2 Å². The SMILES string of the molecule is CC(C)(C)/C=c1/nncc/c1=C/N. The Morgan fingerprint density at radius 1 is 1.38 bits per heavy atom. The standard InChI is InChI=1S/C10H15N3/c1-10(2,3)6-9-8(7-11)4-5-12-13-9/h4-7H,11H2,1-3H3/b8-7-,9-6+. The van der Waals surface area contributed by atoms with Crippen molar-refractivity contribution in [3.63, 3.8) is 0 Å². The fraction of sp³-hybridized carbons (Fsp3) is 0.400. The van der Waals surface area contributed by atoms with Gasteiger partial charge in [0, 0.05) is 11.4 Å². The predicted octanol–water partition coefficient (Wildman–Crippen LogP) is -0.0001000. The Kier molecular flexibility index (Phi) is 2.66. The maximum absolute atomic E-state index is 5.46. The van der Waals surface area contributed by atoms with Crippen LogP contribution in [0.1, 0.15) is 20.8 Å². The molecule has 0 bridgehead atoms. The number of nitrogens with two attached hydrogens (primary N) is 1. The molecule has 0 aliphatic rings. The fourth-order valence-corrected chi connectivity index (χ4v) is 1.02. The van der Waals surface area contributed by atoms with Crippen LogP contribution in [0.2, 0.25) is 0 Å². The van der Waals surface area contributed by atoms with Crippen LogP contribution in [0.3, 0.4) is 0 Å². The third kappa shape index (κ3) is 2.86. The van der Waals surface area contributed by atoms with Crippen LogP contribution < -0.4 is 16.3 Å². The van der Waals surface area contributed by atoms with Crippen LogP contribution in [0.5, 0.6) is 0 Å². The molecule has 0 fully saturated rings. The van der Waals surface area contributed by atoms with Crippen LogP contribution in [-0.4, -0.2) is 10.2 Å². The smallest absolute Gasteiger partial charge is 0.0909 e. The predicted molar refractivity (Wildman–Crippen MR) is 53.9 cm³/mol. The van der Waals surface area contributed by atoms with Crippen molar-refractivity contribution >= 4 is 12.3 Å². The third-order valence-electron chi connectivity index (χ3n) is 1.53. The van der Waals surface area contributed by atoms with Gasteiger partial charge in [0.15, 0.2) is 0 Å². The molecule has 1 rings (SSSR count). The minimum absolute atomic E-state index is 0.0911. The van der Waals surface area contributed by atoms with E-state index in [-0.39, 0.29) is 5.41 Å². The first kappa shape index (κ1) is 9.71. The first-order chi connectivity index (χ1) is 6.03. The van der Waals surface area contributed by atoms with E-state index in [9.17, 15) is 0 Å². The van der Waals surface area contributed by atoms with Gasteiger partial charge in [-0.1, -0.05) is 26.8 Å². The second-order valence-electron chi connectivity index (χ2n) is 4.05. The van der Waals surface area contributed by atoms with E-state index in [1.807, 2.05) is 6.07 Å². The van der Waals surface area contributed by atoms with Gasteiger partial charge in [0.2, 0.25) is 0 Å². The molecular formula is C10H15N3. The Morgan fingerprint density at radius 2 is 2.08 bits per heavy atom. The fourth-order valence-electron chi connectivity index (χ4n) is 1.02. The quantitative estimate of drug-likeness (QED) is 0.607. The maximum atomic E-state index is 5.46. The summed E-state index contributed by atoms with van der Waals surface area (Å²) in [4.78, 5) is 0. The first-order valence-electron chi connectivity index (χ1n) is 4.25. The summed E-state index contributed by atoms with van der Waals surface area (Å²) in [6.07, 6.45) is 5.24. The van der Waals surface area contributed by atoms with Crippen molar-refractivity contribution in [2.75, 3.05) is 0 Å². The average molecular weight is 177 g/mol. The molecule has 70 valence electrons. The minimum Gasteiger partial charge on any atom is -0.404 e. The van der Waals surface area contributed by atoms with Gasteiger partial charge in [-0.25, -0.2) is 0 Å². The molecule has 0 spiro atoms. The van der Waals surface area contributed by atoms with E-state index in [0.29, 0.717) is 0 Å². The van der Waals surface area contributed by atoms with Crippen LogP contribution >= 0.6 is 0 Å². The third-order valence-corrected chi connectivity index (χ3v) is 1.53. The second-order valence-corrected chi connectivity index (χ2v) is 4.05. The molecule has 0 atom stereocenters. The minimum atomic E-state index is 0.0911. The maximum Gasteiger partial charge on any atom is 0.0909 e. The van der Waals surface area contributed by atoms with Crippen molar-refractivity contribution < 1.29 is 0 Å². The van der Waals surface area contributed by atoms with Gasteiger partial charge in [0.1, 0.15) is 0 Å². The normalized spacial score (nSPS) is 15.0. The number of hydrogen-bond donors (Lipinski definition) is 1. The lowest BCUT2D eigenvalue weighted by atomic mass is 9.96. The highest BCUT2D eigenvalue weighted by molar-refractivity contribution is 5.29. The van der Waals surface area contributed by atoms with Crippen molar-refractivity contribution in [1.82, 2.24) is 10.2 Å². The molecule has 0 aromatic carbocycles. The van der Waals surface area contributed by atoms with Gasteiger partial charge in [-0.05, 0) is 11.5 Å². The molecule has 1 aromatic rings. The van der Waals surface area contributed by atoms with E-state index >= 15 is 0 Å². The monoisotopic (exact) mass is 177 g/mol. The van der Waals surface area contributed by atoms with Crippen molar-refractivity contribution in [2.24, 2.45) is 11.1 Å². The van der Waals surface area contributed by atoms with E-state index in [1.54, 1.807) is 12.4 Å². The number of hydrogen-bond acceptors (Lipinski definition) is 3. The summed E-state index contributed by atoms with van der Waals surface area (Å²) >= 11 is 0. The van der Waals surface area contributed by atoms with Gasteiger partial charge >= 0.3 is 0 Å². The molecule has 1 heterocycles. The zero-order chi connectivity index (χ0) is 9.90. The van der Waals surface area contributed by atoms with E-state index in [1.165, 1.54) is 0 Å². The molecule has 1 aromatic heterocycles. The summed E-state index contributed by atoms with van der Waals surface area (Å²) in [6, 6.07) is 1.85. The molecule has 0 aliphatic carbocycles. The number of rotatable bonds is 0. The molecule has 0 unspecified atom stereocenters. The highest BCUT2D eigenvalue weighted by Gasteiger charge is 2.04. The van der Waals surface area contributed by atoms with Crippen LogP contribution in [0.15, 0.2) is 12.3 Å².